The molecule has 0 radical (unpaired) electrons. The number of rotatable bonds is 6. The van der Waals surface area contributed by atoms with Crippen molar-refractivity contribution in [3.8, 4) is 0 Å². The molecular formula is C25H23FN4O2S. The molecule has 4 rings (SSSR count). The van der Waals surface area contributed by atoms with Crippen LogP contribution in [0.25, 0.3) is 0 Å². The first-order valence-corrected chi connectivity index (χ1v) is 11.4. The first-order chi connectivity index (χ1) is 15.9. The third-order valence-electron chi connectivity index (χ3n) is 5.15. The maximum Gasteiger partial charge on any atom is 0.243 e. The van der Waals surface area contributed by atoms with Crippen molar-refractivity contribution >= 4 is 40.1 Å². The third-order valence-corrected chi connectivity index (χ3v) is 6.33. The standard InChI is InChI=1S/C25H23FN4O2S/c1-16-10-11-20(17(2)13-16)29-25-30(15-18-7-5-6-12-27-18)24(32)22(33-25)14-23(31)28-21-9-4-3-8-19(21)26/h3-13,22H,14-15H2,1-2H3,(H,28,31). The Balaban J connectivity index is 1.57. The SMILES string of the molecule is Cc1ccc(N=C2SC(CC(=O)Nc3ccccc3F)C(=O)N2Cc2ccccn2)c(C)c1. The van der Waals surface area contributed by atoms with Crippen LogP contribution in [-0.4, -0.2) is 32.1 Å². The Morgan fingerprint density at radius 1 is 1.15 bits per heavy atom. The smallest absolute Gasteiger partial charge is 0.243 e. The predicted molar refractivity (Wildman–Crippen MR) is 129 cm³/mol. The van der Waals surface area contributed by atoms with Crippen LogP contribution >= 0.6 is 11.8 Å². The molecule has 0 bridgehead atoms. The van der Waals surface area contributed by atoms with E-state index in [0.29, 0.717) is 5.17 Å². The minimum atomic E-state index is -0.662. The number of amidine groups is 1. The van der Waals surface area contributed by atoms with Gasteiger partial charge in [-0.2, -0.15) is 0 Å². The molecule has 2 amide bonds. The van der Waals surface area contributed by atoms with Crippen molar-refractivity contribution in [2.75, 3.05) is 5.32 Å². The predicted octanol–water partition coefficient (Wildman–Crippen LogP) is 5.00. The van der Waals surface area contributed by atoms with Crippen LogP contribution in [0.2, 0.25) is 0 Å². The summed E-state index contributed by atoms with van der Waals surface area (Å²) in [5.74, 6) is -1.18. The minimum absolute atomic E-state index is 0.0902. The van der Waals surface area contributed by atoms with E-state index in [0.717, 1.165) is 22.5 Å². The number of hydrogen-bond donors (Lipinski definition) is 1. The maximum atomic E-state index is 13.9. The number of anilines is 1. The highest BCUT2D eigenvalue weighted by Gasteiger charge is 2.39. The Bertz CT molecular complexity index is 1220. The zero-order valence-corrected chi connectivity index (χ0v) is 19.1. The molecule has 2 aromatic carbocycles. The molecule has 168 valence electrons. The van der Waals surface area contributed by atoms with Crippen LogP contribution in [0.15, 0.2) is 71.9 Å². The number of aryl methyl sites for hydroxylation is 2. The fourth-order valence-electron chi connectivity index (χ4n) is 3.49. The van der Waals surface area contributed by atoms with Gasteiger partial charge in [0.05, 0.1) is 23.6 Å². The zero-order valence-electron chi connectivity index (χ0n) is 18.3. The van der Waals surface area contributed by atoms with Gasteiger partial charge in [-0.25, -0.2) is 9.38 Å². The summed E-state index contributed by atoms with van der Waals surface area (Å²) in [5, 5.41) is 2.40. The van der Waals surface area contributed by atoms with Gasteiger partial charge < -0.3 is 5.32 Å². The topological polar surface area (TPSA) is 74.7 Å². The summed E-state index contributed by atoms with van der Waals surface area (Å²) in [6.45, 7) is 4.23. The van der Waals surface area contributed by atoms with E-state index in [2.05, 4.69) is 10.3 Å². The molecule has 3 aromatic rings. The van der Waals surface area contributed by atoms with Gasteiger partial charge in [-0.1, -0.05) is 47.7 Å². The monoisotopic (exact) mass is 462 g/mol. The molecule has 0 spiro atoms. The van der Waals surface area contributed by atoms with E-state index in [1.165, 1.54) is 23.9 Å². The van der Waals surface area contributed by atoms with Crippen LogP contribution in [0.5, 0.6) is 0 Å². The number of para-hydroxylation sites is 1. The number of nitrogens with zero attached hydrogens (tertiary/aromatic N) is 3. The molecule has 2 heterocycles. The second kappa shape index (κ2) is 9.95. The second-order valence-electron chi connectivity index (χ2n) is 7.77. The summed E-state index contributed by atoms with van der Waals surface area (Å²) < 4.78 is 13.9. The van der Waals surface area contributed by atoms with Crippen molar-refractivity contribution in [2.45, 2.75) is 32.1 Å². The molecule has 0 saturated carbocycles. The molecule has 1 aromatic heterocycles. The van der Waals surface area contributed by atoms with E-state index < -0.39 is 17.0 Å². The van der Waals surface area contributed by atoms with Gasteiger partial charge in [0.15, 0.2) is 5.17 Å². The van der Waals surface area contributed by atoms with Gasteiger partial charge >= 0.3 is 0 Å². The zero-order chi connectivity index (χ0) is 23.4. The normalized spacial score (nSPS) is 16.9. The molecule has 1 unspecified atom stereocenters. The summed E-state index contributed by atoms with van der Waals surface area (Å²) in [6.07, 6.45) is 1.58. The van der Waals surface area contributed by atoms with Gasteiger partial charge in [-0.15, -0.1) is 0 Å². The van der Waals surface area contributed by atoms with Gasteiger partial charge in [0, 0.05) is 12.6 Å². The summed E-state index contributed by atoms with van der Waals surface area (Å²) in [4.78, 5) is 36.5. The highest BCUT2D eigenvalue weighted by Crippen LogP contribution is 2.34. The van der Waals surface area contributed by atoms with E-state index in [9.17, 15) is 14.0 Å². The highest BCUT2D eigenvalue weighted by molar-refractivity contribution is 8.15. The average molecular weight is 463 g/mol. The number of carbonyl (C=O) groups is 2. The Morgan fingerprint density at radius 3 is 2.67 bits per heavy atom. The van der Waals surface area contributed by atoms with Crippen LogP contribution in [0.4, 0.5) is 15.8 Å². The molecule has 1 saturated heterocycles. The van der Waals surface area contributed by atoms with Crippen LogP contribution in [-0.2, 0) is 16.1 Å². The first kappa shape index (κ1) is 22.7. The first-order valence-electron chi connectivity index (χ1n) is 10.5. The fourth-order valence-corrected chi connectivity index (χ4v) is 4.64. The number of thioether (sulfide) groups is 1. The number of amides is 2. The molecular weight excluding hydrogens is 439 g/mol. The maximum absolute atomic E-state index is 13.9. The van der Waals surface area contributed by atoms with Gasteiger partial charge in [0.1, 0.15) is 11.1 Å². The summed E-state index contributed by atoms with van der Waals surface area (Å²) in [7, 11) is 0. The lowest BCUT2D eigenvalue weighted by Gasteiger charge is -2.16. The summed E-state index contributed by atoms with van der Waals surface area (Å²) in [5.41, 5.74) is 3.69. The number of aromatic nitrogens is 1. The number of halogens is 1. The molecule has 8 heteroatoms. The lowest BCUT2D eigenvalue weighted by atomic mass is 10.1. The lowest BCUT2D eigenvalue weighted by molar-refractivity contribution is -0.128. The quantitative estimate of drug-likeness (QED) is 0.560. The van der Waals surface area contributed by atoms with Crippen molar-refractivity contribution in [3.05, 3.63) is 89.5 Å². The molecule has 6 nitrogen and oxygen atoms in total. The van der Waals surface area contributed by atoms with Gasteiger partial charge in [-0.3, -0.25) is 19.5 Å². The second-order valence-corrected chi connectivity index (χ2v) is 8.94. The Labute approximate surface area is 195 Å². The average Bonchev–Trinajstić information content (AvgIpc) is 3.07. The molecule has 1 N–H and O–H groups in total. The Kier molecular flexibility index (Phi) is 6.84. The Hall–Kier alpha value is -3.52. The molecule has 1 aliphatic rings. The number of carbonyl (C=O) groups excluding carboxylic acids is 2. The van der Waals surface area contributed by atoms with Crippen molar-refractivity contribution in [1.82, 2.24) is 9.88 Å². The fraction of sp³-hybridized carbons (Fsp3) is 0.200. The van der Waals surface area contributed by atoms with Crippen LogP contribution in [0.3, 0.4) is 0 Å². The van der Waals surface area contributed by atoms with E-state index in [1.54, 1.807) is 23.2 Å². The lowest BCUT2D eigenvalue weighted by Crippen LogP contribution is -2.33. The van der Waals surface area contributed by atoms with Gasteiger partial charge in [-0.05, 0) is 49.7 Å². The summed E-state index contributed by atoms with van der Waals surface area (Å²) in [6, 6.07) is 17.4. The van der Waals surface area contributed by atoms with Crippen molar-refractivity contribution in [3.63, 3.8) is 0 Å². The van der Waals surface area contributed by atoms with Crippen molar-refractivity contribution in [2.24, 2.45) is 4.99 Å². The van der Waals surface area contributed by atoms with E-state index in [4.69, 9.17) is 4.99 Å². The highest BCUT2D eigenvalue weighted by atomic mass is 32.2. The van der Waals surface area contributed by atoms with E-state index in [-0.39, 0.29) is 24.6 Å². The van der Waals surface area contributed by atoms with Crippen LogP contribution in [0, 0.1) is 19.7 Å². The Morgan fingerprint density at radius 2 is 1.94 bits per heavy atom. The van der Waals surface area contributed by atoms with Gasteiger partial charge in [0.25, 0.3) is 0 Å². The minimum Gasteiger partial charge on any atom is -0.324 e. The molecule has 0 aliphatic carbocycles. The molecule has 33 heavy (non-hydrogen) atoms. The van der Waals surface area contributed by atoms with E-state index in [1.807, 2.05) is 50.2 Å². The molecule has 1 atom stereocenters. The van der Waals surface area contributed by atoms with Gasteiger partial charge in [0.2, 0.25) is 11.8 Å². The number of aliphatic imine (C=N–C) groups is 1. The van der Waals surface area contributed by atoms with Crippen LogP contribution in [0.1, 0.15) is 23.2 Å². The number of hydrogen-bond acceptors (Lipinski definition) is 5. The number of benzene rings is 2. The number of pyridine rings is 1. The summed E-state index contributed by atoms with van der Waals surface area (Å²) >= 11 is 1.24. The largest absolute Gasteiger partial charge is 0.324 e. The van der Waals surface area contributed by atoms with E-state index >= 15 is 0 Å². The van der Waals surface area contributed by atoms with Crippen molar-refractivity contribution in [1.29, 1.82) is 0 Å². The number of nitrogens with one attached hydrogen (secondary N) is 1. The molecule has 1 fully saturated rings. The molecule has 1 aliphatic heterocycles. The third kappa shape index (κ3) is 5.46. The van der Waals surface area contributed by atoms with Crippen molar-refractivity contribution < 1.29 is 14.0 Å². The van der Waals surface area contributed by atoms with Crippen LogP contribution < -0.4 is 5.32 Å².